The van der Waals surface area contributed by atoms with Gasteiger partial charge in [-0.1, -0.05) is 12.1 Å². The van der Waals surface area contributed by atoms with Crippen LogP contribution in [0.3, 0.4) is 0 Å². The predicted molar refractivity (Wildman–Crippen MR) is 88.4 cm³/mol. The number of methoxy groups -OCH3 is 1. The summed E-state index contributed by atoms with van der Waals surface area (Å²) in [5, 5.41) is 11.7. The molecule has 1 amide bonds. The van der Waals surface area contributed by atoms with E-state index in [4.69, 9.17) is 10.00 Å². The molecule has 1 aliphatic rings. The van der Waals surface area contributed by atoms with Gasteiger partial charge in [0, 0.05) is 11.1 Å². The van der Waals surface area contributed by atoms with Crippen LogP contribution in [0.1, 0.15) is 16.7 Å². The number of halogens is 1. The lowest BCUT2D eigenvalue weighted by molar-refractivity contribution is -0.110. The van der Waals surface area contributed by atoms with Gasteiger partial charge in [-0.05, 0) is 51.8 Å². The summed E-state index contributed by atoms with van der Waals surface area (Å²) in [6.45, 7) is 0. The minimum atomic E-state index is -0.169. The number of carbonyl (C=O) groups is 1. The number of hydrogen-bond donors (Lipinski definition) is 1. The smallest absolute Gasteiger partial charge is 0.256 e. The molecule has 0 aliphatic carbocycles. The van der Waals surface area contributed by atoms with Crippen LogP contribution in [0.25, 0.3) is 11.6 Å². The monoisotopic (exact) mass is 354 g/mol. The van der Waals surface area contributed by atoms with Gasteiger partial charge in [0.05, 0.1) is 28.9 Å². The number of nitrogens with one attached hydrogen (secondary N) is 1. The first-order valence-corrected chi connectivity index (χ1v) is 7.33. The van der Waals surface area contributed by atoms with Crippen molar-refractivity contribution in [1.82, 2.24) is 0 Å². The number of carbonyl (C=O) groups excluding carboxylic acids is 1. The molecule has 0 fully saturated rings. The second-order valence-electron chi connectivity index (χ2n) is 4.78. The van der Waals surface area contributed by atoms with Crippen molar-refractivity contribution in [3.8, 4) is 11.8 Å². The first-order chi connectivity index (χ1) is 10.6. The minimum Gasteiger partial charge on any atom is -0.496 e. The van der Waals surface area contributed by atoms with E-state index in [0.717, 1.165) is 21.3 Å². The van der Waals surface area contributed by atoms with Crippen molar-refractivity contribution in [1.29, 1.82) is 5.26 Å². The van der Waals surface area contributed by atoms with Crippen molar-refractivity contribution >= 4 is 39.2 Å². The van der Waals surface area contributed by atoms with Crippen molar-refractivity contribution in [2.24, 2.45) is 0 Å². The molecule has 4 nitrogen and oxygen atoms in total. The van der Waals surface area contributed by atoms with Crippen LogP contribution in [0.2, 0.25) is 0 Å². The van der Waals surface area contributed by atoms with Gasteiger partial charge in [-0.15, -0.1) is 0 Å². The Kier molecular flexibility index (Phi) is 3.70. The Morgan fingerprint density at radius 2 is 2.09 bits per heavy atom. The van der Waals surface area contributed by atoms with E-state index >= 15 is 0 Å². The summed E-state index contributed by atoms with van der Waals surface area (Å²) in [4.78, 5) is 12.1. The van der Waals surface area contributed by atoms with E-state index in [1.54, 1.807) is 25.3 Å². The van der Waals surface area contributed by atoms with Gasteiger partial charge in [0.2, 0.25) is 0 Å². The molecule has 0 saturated heterocycles. The van der Waals surface area contributed by atoms with Gasteiger partial charge in [-0.2, -0.15) is 5.26 Å². The highest BCUT2D eigenvalue weighted by molar-refractivity contribution is 9.10. The van der Waals surface area contributed by atoms with E-state index in [-0.39, 0.29) is 5.91 Å². The summed E-state index contributed by atoms with van der Waals surface area (Å²) in [5.41, 5.74) is 3.46. The second kappa shape index (κ2) is 5.66. The van der Waals surface area contributed by atoms with Crippen LogP contribution in [0, 0.1) is 11.3 Å². The van der Waals surface area contributed by atoms with E-state index in [9.17, 15) is 4.79 Å². The van der Waals surface area contributed by atoms with Crippen molar-refractivity contribution in [2.75, 3.05) is 12.4 Å². The lowest BCUT2D eigenvalue weighted by atomic mass is 10.0. The highest BCUT2D eigenvalue weighted by Crippen LogP contribution is 2.34. The van der Waals surface area contributed by atoms with Gasteiger partial charge in [-0.3, -0.25) is 4.79 Å². The molecular weight excluding hydrogens is 344 g/mol. The van der Waals surface area contributed by atoms with Crippen LogP contribution in [0.4, 0.5) is 5.69 Å². The number of rotatable bonds is 2. The SMILES string of the molecule is COc1ccc(/C=C2/C(=O)Nc3cc(C#N)ccc32)cc1Br. The highest BCUT2D eigenvalue weighted by Gasteiger charge is 2.24. The summed E-state index contributed by atoms with van der Waals surface area (Å²) in [6.07, 6.45) is 1.82. The number of nitriles is 1. The first kappa shape index (κ1) is 14.4. The number of anilines is 1. The third-order valence-corrected chi connectivity index (χ3v) is 4.04. The average Bonchev–Trinajstić information content (AvgIpc) is 2.82. The van der Waals surface area contributed by atoms with Crippen LogP contribution >= 0.6 is 15.9 Å². The van der Waals surface area contributed by atoms with Crippen LogP contribution in [-0.2, 0) is 4.79 Å². The lowest BCUT2D eigenvalue weighted by Gasteiger charge is -2.04. The maximum atomic E-state index is 12.1. The Labute approximate surface area is 136 Å². The summed E-state index contributed by atoms with van der Waals surface area (Å²) >= 11 is 3.43. The molecule has 5 heteroatoms. The predicted octanol–water partition coefficient (Wildman–Crippen LogP) is 3.82. The molecule has 1 heterocycles. The summed E-state index contributed by atoms with van der Waals surface area (Å²) < 4.78 is 6.02. The number of amides is 1. The zero-order valence-corrected chi connectivity index (χ0v) is 13.3. The second-order valence-corrected chi connectivity index (χ2v) is 5.63. The molecule has 1 N–H and O–H groups in total. The molecule has 0 saturated carbocycles. The molecule has 0 unspecified atom stereocenters. The molecule has 0 spiro atoms. The third kappa shape index (κ3) is 2.49. The molecule has 108 valence electrons. The fraction of sp³-hybridized carbons (Fsp3) is 0.0588. The maximum absolute atomic E-state index is 12.1. The molecule has 0 aromatic heterocycles. The number of ether oxygens (including phenoxy) is 1. The average molecular weight is 355 g/mol. The topological polar surface area (TPSA) is 62.1 Å². The van der Waals surface area contributed by atoms with E-state index in [0.29, 0.717) is 16.8 Å². The maximum Gasteiger partial charge on any atom is 0.256 e. The Balaban J connectivity index is 2.04. The molecule has 1 aliphatic heterocycles. The zero-order chi connectivity index (χ0) is 15.7. The Hall–Kier alpha value is -2.58. The first-order valence-electron chi connectivity index (χ1n) is 6.53. The van der Waals surface area contributed by atoms with Gasteiger partial charge in [0.1, 0.15) is 5.75 Å². The standard InChI is InChI=1S/C17H11BrN2O2/c1-22-16-5-3-10(7-14(16)18)6-13-12-4-2-11(9-19)8-15(12)20-17(13)21/h2-8H,1H3,(H,20,21)/b13-6+. The van der Waals surface area contributed by atoms with Crippen LogP contribution in [-0.4, -0.2) is 13.0 Å². The molecule has 0 radical (unpaired) electrons. The fourth-order valence-corrected chi connectivity index (χ4v) is 2.90. The van der Waals surface area contributed by atoms with Crippen molar-refractivity contribution in [3.63, 3.8) is 0 Å². The van der Waals surface area contributed by atoms with Crippen molar-refractivity contribution in [3.05, 3.63) is 57.6 Å². The lowest BCUT2D eigenvalue weighted by Crippen LogP contribution is -2.03. The summed E-state index contributed by atoms with van der Waals surface area (Å²) in [6, 6.07) is 12.8. The Morgan fingerprint density at radius 3 is 2.77 bits per heavy atom. The zero-order valence-electron chi connectivity index (χ0n) is 11.7. The van der Waals surface area contributed by atoms with Gasteiger partial charge < -0.3 is 10.1 Å². The fourth-order valence-electron chi connectivity index (χ4n) is 2.35. The summed E-state index contributed by atoms with van der Waals surface area (Å²) in [7, 11) is 1.60. The molecule has 2 aromatic carbocycles. The van der Waals surface area contributed by atoms with Gasteiger partial charge in [0.15, 0.2) is 0 Å². The molecular formula is C17H11BrN2O2. The van der Waals surface area contributed by atoms with Crippen molar-refractivity contribution in [2.45, 2.75) is 0 Å². The van der Waals surface area contributed by atoms with Gasteiger partial charge in [-0.25, -0.2) is 0 Å². The molecule has 3 rings (SSSR count). The Bertz CT molecular complexity index is 850. The highest BCUT2D eigenvalue weighted by atomic mass is 79.9. The molecule has 2 aromatic rings. The van der Waals surface area contributed by atoms with E-state index < -0.39 is 0 Å². The number of benzene rings is 2. The number of nitrogens with zero attached hydrogens (tertiary/aromatic N) is 1. The van der Waals surface area contributed by atoms with Gasteiger partial charge >= 0.3 is 0 Å². The molecule has 22 heavy (non-hydrogen) atoms. The number of fused-ring (bicyclic) bond motifs is 1. The van der Waals surface area contributed by atoms with Crippen LogP contribution in [0.15, 0.2) is 40.9 Å². The molecule has 0 atom stereocenters. The quantitative estimate of drug-likeness (QED) is 0.833. The molecule has 0 bridgehead atoms. The Morgan fingerprint density at radius 1 is 1.27 bits per heavy atom. The van der Waals surface area contributed by atoms with E-state index in [1.807, 2.05) is 24.3 Å². The van der Waals surface area contributed by atoms with Crippen molar-refractivity contribution < 1.29 is 9.53 Å². The summed E-state index contributed by atoms with van der Waals surface area (Å²) in [5.74, 6) is 0.564. The van der Waals surface area contributed by atoms with Gasteiger partial charge in [0.25, 0.3) is 5.91 Å². The minimum absolute atomic E-state index is 0.169. The van der Waals surface area contributed by atoms with E-state index in [2.05, 4.69) is 27.3 Å². The normalized spacial score (nSPS) is 14.4. The third-order valence-electron chi connectivity index (χ3n) is 3.42. The van der Waals surface area contributed by atoms with Crippen LogP contribution in [0.5, 0.6) is 5.75 Å². The van der Waals surface area contributed by atoms with E-state index in [1.165, 1.54) is 0 Å². The van der Waals surface area contributed by atoms with Crippen LogP contribution < -0.4 is 10.1 Å². The number of hydrogen-bond acceptors (Lipinski definition) is 3. The largest absolute Gasteiger partial charge is 0.496 e.